The van der Waals surface area contributed by atoms with E-state index < -0.39 is 5.60 Å². The molecule has 0 aromatic carbocycles. The minimum atomic E-state index is -0.657. The van der Waals surface area contributed by atoms with Gasteiger partial charge in [0.15, 0.2) is 5.96 Å². The first kappa shape index (κ1) is 19.0. The fraction of sp³-hybridized carbons (Fsp3) is 0.889. The third-order valence-corrected chi connectivity index (χ3v) is 4.98. The van der Waals surface area contributed by atoms with E-state index in [9.17, 15) is 9.90 Å². The molecule has 138 valence electrons. The van der Waals surface area contributed by atoms with Crippen LogP contribution in [0.25, 0.3) is 0 Å². The molecule has 1 aliphatic heterocycles. The van der Waals surface area contributed by atoms with Crippen molar-refractivity contribution in [2.45, 2.75) is 64.4 Å². The smallest absolute Gasteiger partial charge is 0.310 e. The molecule has 2 aliphatic rings. The third kappa shape index (κ3) is 5.36. The highest BCUT2D eigenvalue weighted by atomic mass is 16.5. The van der Waals surface area contributed by atoms with Crippen molar-refractivity contribution >= 4 is 11.9 Å². The number of aliphatic imine (C=N–C) groups is 1. The molecule has 1 aliphatic carbocycles. The lowest BCUT2D eigenvalue weighted by Gasteiger charge is -2.35. The molecule has 0 aromatic heterocycles. The van der Waals surface area contributed by atoms with Crippen molar-refractivity contribution in [1.82, 2.24) is 10.2 Å². The van der Waals surface area contributed by atoms with E-state index in [1.807, 2.05) is 13.8 Å². The lowest BCUT2D eigenvalue weighted by molar-refractivity contribution is -0.149. The maximum absolute atomic E-state index is 12.0. The molecule has 6 heteroatoms. The Hall–Kier alpha value is -1.30. The molecule has 1 heterocycles. The van der Waals surface area contributed by atoms with Crippen molar-refractivity contribution in [2.75, 3.05) is 32.8 Å². The van der Waals surface area contributed by atoms with Crippen LogP contribution in [0.1, 0.15) is 58.8 Å². The van der Waals surface area contributed by atoms with E-state index in [2.05, 4.69) is 10.2 Å². The second kappa shape index (κ2) is 9.25. The first-order valence-corrected chi connectivity index (χ1v) is 9.50. The van der Waals surface area contributed by atoms with Gasteiger partial charge < -0.3 is 20.1 Å². The number of carbonyl (C=O) groups is 1. The van der Waals surface area contributed by atoms with E-state index >= 15 is 0 Å². The Labute approximate surface area is 145 Å². The predicted octanol–water partition coefficient (Wildman–Crippen LogP) is 1.92. The van der Waals surface area contributed by atoms with Gasteiger partial charge in [0.25, 0.3) is 0 Å². The summed E-state index contributed by atoms with van der Waals surface area (Å²) in [6.45, 7) is 7.06. The summed E-state index contributed by atoms with van der Waals surface area (Å²) in [4.78, 5) is 18.9. The van der Waals surface area contributed by atoms with Crippen molar-refractivity contribution in [2.24, 2.45) is 10.9 Å². The van der Waals surface area contributed by atoms with E-state index in [0.717, 1.165) is 57.6 Å². The molecule has 2 rings (SSSR count). The van der Waals surface area contributed by atoms with Crippen LogP contribution in [0.2, 0.25) is 0 Å². The maximum atomic E-state index is 12.0. The second-order valence-corrected chi connectivity index (χ2v) is 6.99. The quantitative estimate of drug-likeness (QED) is 0.455. The van der Waals surface area contributed by atoms with Gasteiger partial charge in [-0.15, -0.1) is 0 Å². The van der Waals surface area contributed by atoms with Crippen LogP contribution in [0.3, 0.4) is 0 Å². The predicted molar refractivity (Wildman–Crippen MR) is 94.9 cm³/mol. The number of hydrogen-bond donors (Lipinski definition) is 2. The molecule has 1 saturated carbocycles. The van der Waals surface area contributed by atoms with Gasteiger partial charge in [0.05, 0.1) is 24.7 Å². The number of carbonyl (C=O) groups excluding carboxylic acids is 1. The molecule has 0 aromatic rings. The molecule has 24 heavy (non-hydrogen) atoms. The zero-order valence-corrected chi connectivity index (χ0v) is 15.2. The van der Waals surface area contributed by atoms with E-state index in [1.165, 1.54) is 6.42 Å². The zero-order chi connectivity index (χ0) is 17.4. The van der Waals surface area contributed by atoms with Gasteiger partial charge in [-0.3, -0.25) is 9.79 Å². The van der Waals surface area contributed by atoms with Crippen LogP contribution in [0.4, 0.5) is 0 Å². The second-order valence-electron chi connectivity index (χ2n) is 6.99. The number of guanidine groups is 1. The summed E-state index contributed by atoms with van der Waals surface area (Å²) in [5, 5.41) is 14.0. The Morgan fingerprint density at radius 1 is 1.29 bits per heavy atom. The number of hydrogen-bond acceptors (Lipinski definition) is 4. The fourth-order valence-corrected chi connectivity index (χ4v) is 3.64. The Morgan fingerprint density at radius 2 is 2.04 bits per heavy atom. The minimum Gasteiger partial charge on any atom is -0.466 e. The van der Waals surface area contributed by atoms with E-state index in [-0.39, 0.29) is 11.9 Å². The van der Waals surface area contributed by atoms with Crippen LogP contribution in [-0.2, 0) is 9.53 Å². The van der Waals surface area contributed by atoms with Crippen molar-refractivity contribution in [3.05, 3.63) is 0 Å². The monoisotopic (exact) mass is 339 g/mol. The van der Waals surface area contributed by atoms with Crippen LogP contribution in [0.5, 0.6) is 0 Å². The van der Waals surface area contributed by atoms with Crippen molar-refractivity contribution in [3.8, 4) is 0 Å². The topological polar surface area (TPSA) is 74.2 Å². The molecule has 1 unspecified atom stereocenters. The first-order valence-electron chi connectivity index (χ1n) is 9.50. The van der Waals surface area contributed by atoms with Crippen molar-refractivity contribution in [3.63, 3.8) is 0 Å². The highest BCUT2D eigenvalue weighted by Gasteiger charge is 2.31. The Balaban J connectivity index is 2.00. The highest BCUT2D eigenvalue weighted by Crippen LogP contribution is 2.28. The van der Waals surface area contributed by atoms with Gasteiger partial charge in [-0.2, -0.15) is 0 Å². The number of rotatable bonds is 5. The number of likely N-dealkylation sites (tertiary alicyclic amines) is 1. The van der Waals surface area contributed by atoms with Crippen molar-refractivity contribution in [1.29, 1.82) is 0 Å². The fourth-order valence-electron chi connectivity index (χ4n) is 3.64. The summed E-state index contributed by atoms with van der Waals surface area (Å²) < 4.78 is 5.17. The van der Waals surface area contributed by atoms with Gasteiger partial charge in [-0.05, 0) is 39.5 Å². The SMILES string of the molecule is CCNC(=NCC1(O)CCCCC1)N1CCCC(C(=O)OCC)C1. The van der Waals surface area contributed by atoms with E-state index in [1.54, 1.807) is 0 Å². The van der Waals surface area contributed by atoms with Gasteiger partial charge in [-0.25, -0.2) is 0 Å². The highest BCUT2D eigenvalue weighted by molar-refractivity contribution is 5.81. The van der Waals surface area contributed by atoms with Crippen molar-refractivity contribution < 1.29 is 14.6 Å². The summed E-state index contributed by atoms with van der Waals surface area (Å²) in [5.41, 5.74) is -0.657. The molecule has 2 N–H and O–H groups in total. The molecule has 2 fully saturated rings. The Kier molecular flexibility index (Phi) is 7.34. The summed E-state index contributed by atoms with van der Waals surface area (Å²) in [6.07, 6.45) is 6.87. The number of piperidine rings is 1. The number of aliphatic hydroxyl groups is 1. The summed E-state index contributed by atoms with van der Waals surface area (Å²) >= 11 is 0. The minimum absolute atomic E-state index is 0.0830. The zero-order valence-electron chi connectivity index (χ0n) is 15.2. The number of nitrogens with one attached hydrogen (secondary N) is 1. The van der Waals surface area contributed by atoms with Gasteiger partial charge >= 0.3 is 5.97 Å². The summed E-state index contributed by atoms with van der Waals surface area (Å²) in [5.74, 6) is 0.620. The van der Waals surface area contributed by atoms with Crippen LogP contribution in [0, 0.1) is 5.92 Å². The van der Waals surface area contributed by atoms with E-state index in [0.29, 0.717) is 19.7 Å². The number of nitrogens with zero attached hydrogens (tertiary/aromatic N) is 2. The number of esters is 1. The average Bonchev–Trinajstić information content (AvgIpc) is 2.59. The normalized spacial score (nSPS) is 24.5. The largest absolute Gasteiger partial charge is 0.466 e. The molecule has 0 bridgehead atoms. The van der Waals surface area contributed by atoms with Gasteiger partial charge in [0.2, 0.25) is 0 Å². The molecule has 1 saturated heterocycles. The molecular formula is C18H33N3O3. The Morgan fingerprint density at radius 3 is 2.71 bits per heavy atom. The molecule has 0 spiro atoms. The molecule has 1 atom stereocenters. The average molecular weight is 339 g/mol. The standard InChI is InChI=1S/C18H33N3O3/c1-3-19-17(20-14-18(23)10-6-5-7-11-18)21-12-8-9-15(13-21)16(22)24-4-2/h15,23H,3-14H2,1-2H3,(H,19,20). The van der Waals surface area contributed by atoms with Gasteiger partial charge in [-0.1, -0.05) is 19.3 Å². The van der Waals surface area contributed by atoms with E-state index in [4.69, 9.17) is 9.73 Å². The summed E-state index contributed by atoms with van der Waals surface area (Å²) in [7, 11) is 0. The first-order chi connectivity index (χ1) is 11.6. The lowest BCUT2D eigenvalue weighted by Crippen LogP contribution is -2.49. The molecule has 6 nitrogen and oxygen atoms in total. The molecular weight excluding hydrogens is 306 g/mol. The Bertz CT molecular complexity index is 433. The molecule has 0 radical (unpaired) electrons. The summed E-state index contributed by atoms with van der Waals surface area (Å²) in [6, 6.07) is 0. The maximum Gasteiger partial charge on any atom is 0.310 e. The van der Waals surface area contributed by atoms with Crippen LogP contribution in [-0.4, -0.2) is 60.3 Å². The third-order valence-electron chi connectivity index (χ3n) is 4.98. The van der Waals surface area contributed by atoms with Crippen LogP contribution in [0.15, 0.2) is 4.99 Å². The number of ether oxygens (including phenoxy) is 1. The van der Waals surface area contributed by atoms with Crippen LogP contribution < -0.4 is 5.32 Å². The van der Waals surface area contributed by atoms with Gasteiger partial charge in [0.1, 0.15) is 0 Å². The lowest BCUT2D eigenvalue weighted by atomic mass is 9.85. The molecule has 0 amide bonds. The van der Waals surface area contributed by atoms with Gasteiger partial charge in [0, 0.05) is 19.6 Å². The van der Waals surface area contributed by atoms with Crippen LogP contribution >= 0.6 is 0 Å².